The van der Waals surface area contributed by atoms with E-state index in [-0.39, 0.29) is 12.4 Å². The smallest absolute Gasteiger partial charge is 0.0781 e. The zero-order chi connectivity index (χ0) is 8.04. The Bertz CT molecular complexity index is 77.6. The SMILES string of the molecule is CCC[N+](C)(CC)CCC.[Cl-]. The van der Waals surface area contributed by atoms with E-state index < -0.39 is 0 Å². The molecular formula is C9H22ClN. The summed E-state index contributed by atoms with van der Waals surface area (Å²) in [5.74, 6) is 0. The molecule has 0 atom stereocenters. The molecule has 11 heavy (non-hydrogen) atoms. The number of halogens is 1. The Kier molecular flexibility index (Phi) is 8.70. The van der Waals surface area contributed by atoms with E-state index in [4.69, 9.17) is 0 Å². The Morgan fingerprint density at radius 3 is 1.45 bits per heavy atom. The van der Waals surface area contributed by atoms with Crippen molar-refractivity contribution in [3.8, 4) is 0 Å². The van der Waals surface area contributed by atoms with E-state index in [0.29, 0.717) is 0 Å². The van der Waals surface area contributed by atoms with Gasteiger partial charge in [0.25, 0.3) is 0 Å². The molecule has 0 radical (unpaired) electrons. The van der Waals surface area contributed by atoms with Crippen LogP contribution in [0, 0.1) is 0 Å². The van der Waals surface area contributed by atoms with Gasteiger partial charge in [-0.25, -0.2) is 0 Å². The summed E-state index contributed by atoms with van der Waals surface area (Å²) in [5.41, 5.74) is 0. The van der Waals surface area contributed by atoms with Crippen LogP contribution in [0.3, 0.4) is 0 Å². The predicted octanol–water partition coefficient (Wildman–Crippen LogP) is -0.723. The van der Waals surface area contributed by atoms with Crippen molar-refractivity contribution in [2.75, 3.05) is 26.7 Å². The summed E-state index contributed by atoms with van der Waals surface area (Å²) in [6, 6.07) is 0. The first kappa shape index (κ1) is 13.8. The van der Waals surface area contributed by atoms with E-state index in [9.17, 15) is 0 Å². The molecule has 0 saturated heterocycles. The maximum atomic E-state index is 2.35. The predicted molar refractivity (Wildman–Crippen MR) is 47.0 cm³/mol. The fraction of sp³-hybridized carbons (Fsp3) is 1.00. The van der Waals surface area contributed by atoms with Gasteiger partial charge < -0.3 is 16.9 Å². The summed E-state index contributed by atoms with van der Waals surface area (Å²) < 4.78 is 1.26. The molecule has 0 aromatic carbocycles. The van der Waals surface area contributed by atoms with Crippen molar-refractivity contribution in [2.45, 2.75) is 33.6 Å². The van der Waals surface area contributed by atoms with Crippen LogP contribution in [0.25, 0.3) is 0 Å². The van der Waals surface area contributed by atoms with Gasteiger partial charge in [0, 0.05) is 0 Å². The van der Waals surface area contributed by atoms with E-state index in [1.54, 1.807) is 0 Å². The summed E-state index contributed by atoms with van der Waals surface area (Å²) in [6.07, 6.45) is 2.62. The van der Waals surface area contributed by atoms with Crippen molar-refractivity contribution in [3.05, 3.63) is 0 Å². The highest BCUT2D eigenvalue weighted by Crippen LogP contribution is 2.04. The Hall–Kier alpha value is 0.250. The molecule has 0 unspecified atom stereocenters. The molecule has 1 nitrogen and oxygen atoms in total. The zero-order valence-corrected chi connectivity index (χ0v) is 9.12. The average molecular weight is 180 g/mol. The fourth-order valence-corrected chi connectivity index (χ4v) is 1.51. The second kappa shape index (κ2) is 6.93. The normalized spacial score (nSPS) is 10.9. The van der Waals surface area contributed by atoms with Crippen molar-refractivity contribution >= 4 is 0 Å². The molecule has 0 heterocycles. The molecule has 2 heteroatoms. The third-order valence-corrected chi connectivity index (χ3v) is 2.29. The van der Waals surface area contributed by atoms with E-state index in [2.05, 4.69) is 27.8 Å². The van der Waals surface area contributed by atoms with E-state index in [0.717, 1.165) is 0 Å². The molecule has 0 fully saturated rings. The topological polar surface area (TPSA) is 0 Å². The van der Waals surface area contributed by atoms with Crippen molar-refractivity contribution < 1.29 is 16.9 Å². The summed E-state index contributed by atoms with van der Waals surface area (Å²) in [6.45, 7) is 10.8. The van der Waals surface area contributed by atoms with Gasteiger partial charge in [-0.2, -0.15) is 0 Å². The van der Waals surface area contributed by atoms with Crippen molar-refractivity contribution in [1.82, 2.24) is 0 Å². The van der Waals surface area contributed by atoms with E-state index in [1.165, 1.54) is 37.0 Å². The van der Waals surface area contributed by atoms with Gasteiger partial charge in [0.1, 0.15) is 0 Å². The van der Waals surface area contributed by atoms with Crippen LogP contribution in [0.15, 0.2) is 0 Å². The maximum absolute atomic E-state index is 2.35. The van der Waals surface area contributed by atoms with Gasteiger partial charge in [0.05, 0.1) is 26.7 Å². The first-order valence-electron chi connectivity index (χ1n) is 4.52. The Morgan fingerprint density at radius 2 is 1.27 bits per heavy atom. The molecule has 0 bridgehead atoms. The highest BCUT2D eigenvalue weighted by Gasteiger charge is 2.15. The Labute approximate surface area is 77.8 Å². The second-order valence-electron chi connectivity index (χ2n) is 3.38. The van der Waals surface area contributed by atoms with Gasteiger partial charge in [0.2, 0.25) is 0 Å². The summed E-state index contributed by atoms with van der Waals surface area (Å²) in [4.78, 5) is 0. The van der Waals surface area contributed by atoms with Crippen molar-refractivity contribution in [3.63, 3.8) is 0 Å². The first-order valence-corrected chi connectivity index (χ1v) is 4.52. The minimum Gasteiger partial charge on any atom is -1.00 e. The van der Waals surface area contributed by atoms with Crippen LogP contribution in [-0.4, -0.2) is 31.2 Å². The second-order valence-corrected chi connectivity index (χ2v) is 3.38. The van der Waals surface area contributed by atoms with Crippen LogP contribution >= 0.6 is 0 Å². The summed E-state index contributed by atoms with van der Waals surface area (Å²) in [7, 11) is 2.35. The molecule has 70 valence electrons. The zero-order valence-electron chi connectivity index (χ0n) is 8.36. The Balaban J connectivity index is 0. The molecule has 0 aliphatic heterocycles. The molecule has 0 aliphatic carbocycles. The van der Waals surface area contributed by atoms with Crippen LogP contribution in [0.1, 0.15) is 33.6 Å². The molecular weight excluding hydrogens is 158 g/mol. The quantitative estimate of drug-likeness (QED) is 0.489. The third-order valence-electron chi connectivity index (χ3n) is 2.29. The molecule has 0 saturated carbocycles. The lowest BCUT2D eigenvalue weighted by atomic mass is 10.3. The number of rotatable bonds is 5. The Morgan fingerprint density at radius 1 is 0.909 bits per heavy atom. The molecule has 0 rings (SSSR count). The fourth-order valence-electron chi connectivity index (χ4n) is 1.51. The minimum atomic E-state index is 0. The van der Waals surface area contributed by atoms with Gasteiger partial charge in [-0.1, -0.05) is 13.8 Å². The lowest BCUT2D eigenvalue weighted by molar-refractivity contribution is -0.907. The molecule has 0 N–H and O–H groups in total. The summed E-state index contributed by atoms with van der Waals surface area (Å²) in [5, 5.41) is 0. The van der Waals surface area contributed by atoms with Gasteiger partial charge in [-0.15, -0.1) is 0 Å². The van der Waals surface area contributed by atoms with E-state index >= 15 is 0 Å². The monoisotopic (exact) mass is 179 g/mol. The highest BCUT2D eigenvalue weighted by atomic mass is 35.5. The number of nitrogens with zero attached hydrogens (tertiary/aromatic N) is 1. The molecule has 0 aliphatic rings. The van der Waals surface area contributed by atoms with Gasteiger partial charge in [-0.3, -0.25) is 0 Å². The van der Waals surface area contributed by atoms with E-state index in [1.807, 2.05) is 0 Å². The highest BCUT2D eigenvalue weighted by molar-refractivity contribution is 4.34. The summed E-state index contributed by atoms with van der Waals surface area (Å²) >= 11 is 0. The van der Waals surface area contributed by atoms with Crippen LogP contribution in [-0.2, 0) is 0 Å². The first-order chi connectivity index (χ1) is 4.68. The van der Waals surface area contributed by atoms with Crippen LogP contribution < -0.4 is 12.4 Å². The lowest BCUT2D eigenvalue weighted by Crippen LogP contribution is -3.00. The number of hydrogen-bond donors (Lipinski definition) is 0. The average Bonchev–Trinajstić information content (AvgIpc) is 1.89. The third kappa shape index (κ3) is 5.51. The lowest BCUT2D eigenvalue weighted by Gasteiger charge is -2.32. The number of quaternary nitrogens is 1. The molecule has 0 aromatic rings. The number of hydrogen-bond acceptors (Lipinski definition) is 0. The molecule has 0 aromatic heterocycles. The molecule has 0 amide bonds. The molecule has 0 spiro atoms. The largest absolute Gasteiger partial charge is 1.00 e. The van der Waals surface area contributed by atoms with Gasteiger partial charge >= 0.3 is 0 Å². The van der Waals surface area contributed by atoms with Crippen LogP contribution in [0.2, 0.25) is 0 Å². The van der Waals surface area contributed by atoms with Crippen molar-refractivity contribution in [1.29, 1.82) is 0 Å². The van der Waals surface area contributed by atoms with Gasteiger partial charge in [0.15, 0.2) is 0 Å². The minimum absolute atomic E-state index is 0. The standard InChI is InChI=1S/C9H22N.ClH/c1-5-8-10(4,7-3)9-6-2;/h5-9H2,1-4H3;1H/q+1;/p-1. The van der Waals surface area contributed by atoms with Crippen molar-refractivity contribution in [2.24, 2.45) is 0 Å². The van der Waals surface area contributed by atoms with Crippen LogP contribution in [0.4, 0.5) is 0 Å². The van der Waals surface area contributed by atoms with Crippen LogP contribution in [0.5, 0.6) is 0 Å². The maximum Gasteiger partial charge on any atom is 0.0781 e. The van der Waals surface area contributed by atoms with Gasteiger partial charge in [-0.05, 0) is 19.8 Å².